The van der Waals surface area contributed by atoms with E-state index in [-0.39, 0.29) is 5.54 Å². The van der Waals surface area contributed by atoms with Gasteiger partial charge < -0.3 is 9.80 Å². The molecule has 0 aromatic carbocycles. The second-order valence-electron chi connectivity index (χ2n) is 9.56. The minimum absolute atomic E-state index is 0.245. The Bertz CT molecular complexity index is 1210. The van der Waals surface area contributed by atoms with Gasteiger partial charge in [-0.3, -0.25) is 9.12 Å². The lowest BCUT2D eigenvalue weighted by atomic mass is 10.1. The number of anilines is 1. The van der Waals surface area contributed by atoms with E-state index in [1.807, 2.05) is 6.20 Å². The molecule has 4 heterocycles. The minimum Gasteiger partial charge on any atom is -0.367 e. The molecule has 1 aliphatic heterocycles. The molecule has 3 aromatic rings. The summed E-state index contributed by atoms with van der Waals surface area (Å²) in [5.41, 5.74) is 2.13. The molecule has 10 heteroatoms. The Morgan fingerprint density at radius 2 is 1.94 bits per heavy atom. The quantitative estimate of drug-likeness (QED) is 0.554. The number of likely N-dealkylation sites (N-methyl/N-ethyl adjacent to an activating group) is 1. The lowest BCUT2D eigenvalue weighted by Gasteiger charge is -2.34. The first-order valence-corrected chi connectivity index (χ1v) is 12.8. The maximum Gasteiger partial charge on any atom is 0.183 e. The van der Waals surface area contributed by atoms with Crippen molar-refractivity contribution in [3.05, 3.63) is 23.5 Å². The van der Waals surface area contributed by atoms with E-state index in [4.69, 9.17) is 4.98 Å². The summed E-state index contributed by atoms with van der Waals surface area (Å²) in [5.74, 6) is 0.799. The van der Waals surface area contributed by atoms with Crippen molar-refractivity contribution >= 4 is 34.5 Å². The Labute approximate surface area is 195 Å². The van der Waals surface area contributed by atoms with Gasteiger partial charge in [0.1, 0.15) is 10.4 Å². The van der Waals surface area contributed by atoms with E-state index < -0.39 is 5.41 Å². The van der Waals surface area contributed by atoms with Crippen molar-refractivity contribution in [1.29, 1.82) is 5.26 Å². The fourth-order valence-corrected chi connectivity index (χ4v) is 5.98. The predicted molar refractivity (Wildman–Crippen MR) is 127 cm³/mol. The van der Waals surface area contributed by atoms with Crippen LogP contribution in [0.2, 0.25) is 0 Å². The number of nitrogens with one attached hydrogen (secondary N) is 1. The Morgan fingerprint density at radius 1 is 1.16 bits per heavy atom. The van der Waals surface area contributed by atoms with Gasteiger partial charge >= 0.3 is 0 Å². The summed E-state index contributed by atoms with van der Waals surface area (Å²) >= 11 is 3.21. The molecule has 2 aliphatic carbocycles. The minimum atomic E-state index is -0.418. The molecule has 6 rings (SSSR count). The monoisotopic (exact) mass is 466 g/mol. The number of aromatic nitrogens is 4. The first kappa shape index (κ1) is 20.4. The standard InChI is InChI=1S/C22H26N8S2/c1-21(3-4-21)27-32-15-11-16(29-9-7-28(2)8-10-29)17-12-24-18(30(17)13-15)19-25-26-20(31-19)22(14-23)5-6-22/h11-13,27H,3-10H2,1-2H3. The molecule has 0 amide bonds. The van der Waals surface area contributed by atoms with Gasteiger partial charge in [0, 0.05) is 42.8 Å². The molecule has 8 nitrogen and oxygen atoms in total. The molecule has 0 radical (unpaired) electrons. The number of pyridine rings is 1. The SMILES string of the molecule is CN1CCN(c2cc(SNC3(C)CC3)cn3c(-c4nnc(C5(C#N)CC5)s4)ncc23)CC1. The van der Waals surface area contributed by atoms with Crippen molar-refractivity contribution < 1.29 is 0 Å². The van der Waals surface area contributed by atoms with Gasteiger partial charge in [-0.1, -0.05) is 11.3 Å². The van der Waals surface area contributed by atoms with Crippen molar-refractivity contribution in [2.24, 2.45) is 0 Å². The van der Waals surface area contributed by atoms with Crippen molar-refractivity contribution in [3.8, 4) is 16.9 Å². The molecule has 0 atom stereocenters. The summed E-state index contributed by atoms with van der Waals surface area (Å²) < 4.78 is 5.79. The molecule has 3 aromatic heterocycles. The Balaban J connectivity index is 1.40. The highest BCUT2D eigenvalue weighted by Gasteiger charge is 2.48. The molecule has 0 spiro atoms. The Kier molecular flexibility index (Phi) is 4.73. The van der Waals surface area contributed by atoms with Gasteiger partial charge in [-0.2, -0.15) is 5.26 Å². The maximum absolute atomic E-state index is 9.54. The van der Waals surface area contributed by atoms with Crippen molar-refractivity contribution in [2.45, 2.75) is 48.5 Å². The Hall–Kier alpha value is -2.19. The average Bonchev–Trinajstić information content (AvgIpc) is 3.65. The van der Waals surface area contributed by atoms with E-state index in [0.29, 0.717) is 0 Å². The summed E-state index contributed by atoms with van der Waals surface area (Å²) in [4.78, 5) is 10.8. The molecule has 1 saturated heterocycles. The molecule has 0 bridgehead atoms. The number of imidazole rings is 1. The van der Waals surface area contributed by atoms with Gasteiger partial charge in [-0.25, -0.2) is 4.98 Å². The third-order valence-corrected chi connectivity index (χ3v) is 9.02. The van der Waals surface area contributed by atoms with Crippen LogP contribution in [0.4, 0.5) is 5.69 Å². The van der Waals surface area contributed by atoms with Gasteiger partial charge in [0.05, 0.1) is 23.5 Å². The average molecular weight is 467 g/mol. The van der Waals surface area contributed by atoms with Crippen LogP contribution in [0, 0.1) is 11.3 Å². The zero-order valence-corrected chi connectivity index (χ0v) is 20.0. The van der Waals surface area contributed by atoms with Gasteiger partial charge in [-0.05, 0) is 57.7 Å². The van der Waals surface area contributed by atoms with Gasteiger partial charge in [0.15, 0.2) is 10.8 Å². The number of fused-ring (bicyclic) bond motifs is 1. The molecule has 3 fully saturated rings. The van der Waals surface area contributed by atoms with Crippen LogP contribution in [-0.4, -0.2) is 63.2 Å². The number of piperazine rings is 1. The van der Waals surface area contributed by atoms with Crippen LogP contribution in [0.25, 0.3) is 16.3 Å². The summed E-state index contributed by atoms with van der Waals surface area (Å²) in [5, 5.41) is 19.9. The highest BCUT2D eigenvalue weighted by atomic mass is 32.2. The van der Waals surface area contributed by atoms with Gasteiger partial charge in [-0.15, -0.1) is 10.2 Å². The van der Waals surface area contributed by atoms with Crippen molar-refractivity contribution in [1.82, 2.24) is 29.2 Å². The van der Waals surface area contributed by atoms with Crippen molar-refractivity contribution in [3.63, 3.8) is 0 Å². The molecule has 166 valence electrons. The number of hydrogen-bond acceptors (Lipinski definition) is 9. The fraction of sp³-hybridized carbons (Fsp3) is 0.545. The van der Waals surface area contributed by atoms with Gasteiger partial charge in [0.25, 0.3) is 0 Å². The molecule has 3 aliphatic rings. The maximum atomic E-state index is 9.54. The summed E-state index contributed by atoms with van der Waals surface area (Å²) in [6.45, 7) is 6.38. The van der Waals surface area contributed by atoms with E-state index in [9.17, 15) is 5.26 Å². The largest absolute Gasteiger partial charge is 0.367 e. The van der Waals surface area contributed by atoms with E-state index in [1.165, 1.54) is 34.8 Å². The van der Waals surface area contributed by atoms with E-state index >= 15 is 0 Å². The molecular formula is C22H26N8S2. The second kappa shape index (κ2) is 7.42. The highest BCUT2D eigenvalue weighted by molar-refractivity contribution is 7.97. The van der Waals surface area contributed by atoms with E-state index in [1.54, 1.807) is 11.9 Å². The summed E-state index contributed by atoms with van der Waals surface area (Å²) in [6.07, 6.45) is 8.29. The van der Waals surface area contributed by atoms with Crippen LogP contribution >= 0.6 is 23.3 Å². The fourth-order valence-electron chi connectivity index (χ4n) is 4.05. The van der Waals surface area contributed by atoms with Crippen LogP contribution < -0.4 is 9.62 Å². The summed E-state index contributed by atoms with van der Waals surface area (Å²) in [7, 11) is 2.18. The van der Waals surface area contributed by atoms with Crippen LogP contribution in [-0.2, 0) is 5.41 Å². The zero-order valence-electron chi connectivity index (χ0n) is 18.3. The van der Waals surface area contributed by atoms with Crippen molar-refractivity contribution in [2.75, 3.05) is 38.1 Å². The number of nitrogens with zero attached hydrogens (tertiary/aromatic N) is 7. The molecule has 2 saturated carbocycles. The van der Waals surface area contributed by atoms with E-state index in [0.717, 1.165) is 60.4 Å². The lowest BCUT2D eigenvalue weighted by Crippen LogP contribution is -2.44. The van der Waals surface area contributed by atoms with Crippen LogP contribution in [0.5, 0.6) is 0 Å². The molecular weight excluding hydrogens is 440 g/mol. The smallest absolute Gasteiger partial charge is 0.183 e. The third-order valence-electron chi connectivity index (χ3n) is 6.84. The number of hydrogen-bond donors (Lipinski definition) is 1. The Morgan fingerprint density at radius 3 is 2.62 bits per heavy atom. The lowest BCUT2D eigenvalue weighted by molar-refractivity contribution is 0.313. The third kappa shape index (κ3) is 3.57. The summed E-state index contributed by atoms with van der Waals surface area (Å²) in [6, 6.07) is 4.71. The zero-order chi connectivity index (χ0) is 21.9. The predicted octanol–water partition coefficient (Wildman–Crippen LogP) is 3.31. The van der Waals surface area contributed by atoms with Gasteiger partial charge in [0.2, 0.25) is 0 Å². The van der Waals surface area contributed by atoms with E-state index in [2.05, 4.69) is 61.4 Å². The highest BCUT2D eigenvalue weighted by Crippen LogP contribution is 2.49. The second-order valence-corrected chi connectivity index (χ2v) is 11.4. The number of rotatable bonds is 6. The normalized spacial score (nSPS) is 21.6. The van der Waals surface area contributed by atoms with Crippen LogP contribution in [0.15, 0.2) is 23.4 Å². The number of nitriles is 1. The first-order chi connectivity index (χ1) is 15.5. The molecule has 0 unspecified atom stereocenters. The molecule has 1 N–H and O–H groups in total. The van der Waals surface area contributed by atoms with Crippen LogP contribution in [0.1, 0.15) is 37.6 Å². The topological polar surface area (TPSA) is 85.4 Å². The first-order valence-electron chi connectivity index (χ1n) is 11.1. The molecule has 32 heavy (non-hydrogen) atoms. The van der Waals surface area contributed by atoms with Crippen LogP contribution in [0.3, 0.4) is 0 Å².